The predicted octanol–water partition coefficient (Wildman–Crippen LogP) is 2.15. The minimum atomic E-state index is -1.21. The molecule has 1 amide bonds. The van der Waals surface area contributed by atoms with Crippen LogP contribution in [-0.2, 0) is 0 Å². The van der Waals surface area contributed by atoms with E-state index >= 15 is 0 Å². The second kappa shape index (κ2) is 6.06. The first-order chi connectivity index (χ1) is 9.08. The standard InChI is InChI=1S/C13H14FNO3S/c14-11-7-8(13(17)18)1-2-10(11)12(16)15-9-3-5-19-6-4-9/h1-2,7,9H,3-6H2,(H,15,16)(H,17,18). The fraction of sp³-hybridized carbons (Fsp3) is 0.385. The smallest absolute Gasteiger partial charge is 0.335 e. The number of aromatic carboxylic acids is 1. The number of carboxylic acids is 1. The molecule has 1 aliphatic rings. The Labute approximate surface area is 114 Å². The molecule has 1 aliphatic heterocycles. The number of hydrogen-bond donors (Lipinski definition) is 2. The Morgan fingerprint density at radius 3 is 2.58 bits per heavy atom. The molecule has 0 atom stereocenters. The average Bonchev–Trinajstić information content (AvgIpc) is 2.39. The Hall–Kier alpha value is -1.56. The van der Waals surface area contributed by atoms with Gasteiger partial charge >= 0.3 is 5.97 Å². The highest BCUT2D eigenvalue weighted by atomic mass is 32.2. The molecule has 2 rings (SSSR count). The maximum atomic E-state index is 13.7. The third kappa shape index (κ3) is 3.47. The van der Waals surface area contributed by atoms with Crippen molar-refractivity contribution in [1.82, 2.24) is 5.32 Å². The Kier molecular flexibility index (Phi) is 4.42. The van der Waals surface area contributed by atoms with Crippen LogP contribution in [0.4, 0.5) is 4.39 Å². The maximum Gasteiger partial charge on any atom is 0.335 e. The summed E-state index contributed by atoms with van der Waals surface area (Å²) in [5, 5.41) is 11.5. The summed E-state index contributed by atoms with van der Waals surface area (Å²) in [7, 11) is 0. The van der Waals surface area contributed by atoms with Gasteiger partial charge in [0, 0.05) is 6.04 Å². The van der Waals surface area contributed by atoms with Crippen LogP contribution in [0.15, 0.2) is 18.2 Å². The average molecular weight is 283 g/mol. The Morgan fingerprint density at radius 1 is 1.32 bits per heavy atom. The van der Waals surface area contributed by atoms with Crippen LogP contribution in [-0.4, -0.2) is 34.5 Å². The minimum Gasteiger partial charge on any atom is -0.478 e. The number of rotatable bonds is 3. The summed E-state index contributed by atoms with van der Waals surface area (Å²) in [4.78, 5) is 22.6. The zero-order chi connectivity index (χ0) is 13.8. The summed E-state index contributed by atoms with van der Waals surface area (Å²) >= 11 is 1.84. The number of nitrogens with one attached hydrogen (secondary N) is 1. The number of thioether (sulfide) groups is 1. The topological polar surface area (TPSA) is 66.4 Å². The first kappa shape index (κ1) is 13.9. The number of carboxylic acid groups (broad SMARTS) is 1. The lowest BCUT2D eigenvalue weighted by molar-refractivity contribution is 0.0695. The Bertz CT molecular complexity index is 501. The van der Waals surface area contributed by atoms with Gasteiger partial charge in [-0.3, -0.25) is 4.79 Å². The fourth-order valence-corrected chi connectivity index (χ4v) is 3.04. The molecule has 1 fully saturated rings. The third-order valence-electron chi connectivity index (χ3n) is 3.02. The summed E-state index contributed by atoms with van der Waals surface area (Å²) in [6.45, 7) is 0. The van der Waals surface area contributed by atoms with Crippen LogP contribution in [0.2, 0.25) is 0 Å². The first-order valence-electron chi connectivity index (χ1n) is 5.99. The molecule has 1 aromatic rings. The van der Waals surface area contributed by atoms with Crippen LogP contribution in [0, 0.1) is 5.82 Å². The summed E-state index contributed by atoms with van der Waals surface area (Å²) < 4.78 is 13.7. The summed E-state index contributed by atoms with van der Waals surface area (Å²) in [5.74, 6) is -0.513. The molecule has 4 nitrogen and oxygen atoms in total. The van der Waals surface area contributed by atoms with Crippen molar-refractivity contribution in [1.29, 1.82) is 0 Å². The second-order valence-electron chi connectivity index (χ2n) is 4.36. The van der Waals surface area contributed by atoms with Gasteiger partial charge in [-0.1, -0.05) is 0 Å². The van der Waals surface area contributed by atoms with Gasteiger partial charge in [-0.15, -0.1) is 0 Å². The van der Waals surface area contributed by atoms with E-state index in [1.807, 2.05) is 11.8 Å². The van der Waals surface area contributed by atoms with E-state index in [-0.39, 0.29) is 17.2 Å². The fourth-order valence-electron chi connectivity index (χ4n) is 1.94. The van der Waals surface area contributed by atoms with Gasteiger partial charge in [-0.2, -0.15) is 11.8 Å². The SMILES string of the molecule is O=C(O)c1ccc(C(=O)NC2CCSCC2)c(F)c1. The van der Waals surface area contributed by atoms with E-state index in [1.165, 1.54) is 12.1 Å². The molecule has 0 radical (unpaired) electrons. The van der Waals surface area contributed by atoms with E-state index in [1.54, 1.807) is 0 Å². The molecule has 1 saturated heterocycles. The van der Waals surface area contributed by atoms with Crippen LogP contribution in [0.3, 0.4) is 0 Å². The molecule has 1 aromatic carbocycles. The zero-order valence-corrected chi connectivity index (χ0v) is 11.0. The summed E-state index contributed by atoms with van der Waals surface area (Å²) in [6, 6.07) is 3.39. The Balaban J connectivity index is 2.08. The number of amides is 1. The van der Waals surface area contributed by atoms with Crippen molar-refractivity contribution in [2.24, 2.45) is 0 Å². The first-order valence-corrected chi connectivity index (χ1v) is 7.15. The normalized spacial score (nSPS) is 16.1. The highest BCUT2D eigenvalue weighted by Gasteiger charge is 2.19. The quantitative estimate of drug-likeness (QED) is 0.892. The van der Waals surface area contributed by atoms with E-state index < -0.39 is 17.7 Å². The van der Waals surface area contributed by atoms with Crippen molar-refractivity contribution in [2.75, 3.05) is 11.5 Å². The lowest BCUT2D eigenvalue weighted by Gasteiger charge is -2.22. The molecule has 0 aliphatic carbocycles. The highest BCUT2D eigenvalue weighted by molar-refractivity contribution is 7.99. The van der Waals surface area contributed by atoms with E-state index in [4.69, 9.17) is 5.11 Å². The van der Waals surface area contributed by atoms with Crippen LogP contribution < -0.4 is 5.32 Å². The number of carbonyl (C=O) groups is 2. The van der Waals surface area contributed by atoms with Crippen molar-refractivity contribution in [3.05, 3.63) is 35.1 Å². The molecule has 19 heavy (non-hydrogen) atoms. The van der Waals surface area contributed by atoms with Gasteiger partial charge < -0.3 is 10.4 Å². The van der Waals surface area contributed by atoms with Crippen LogP contribution in [0.5, 0.6) is 0 Å². The van der Waals surface area contributed by atoms with Crippen LogP contribution >= 0.6 is 11.8 Å². The van der Waals surface area contributed by atoms with Gasteiger partial charge in [0.05, 0.1) is 11.1 Å². The molecule has 2 N–H and O–H groups in total. The van der Waals surface area contributed by atoms with Crippen LogP contribution in [0.1, 0.15) is 33.6 Å². The minimum absolute atomic E-state index is 0.0762. The van der Waals surface area contributed by atoms with Gasteiger partial charge in [0.25, 0.3) is 5.91 Å². The number of benzene rings is 1. The third-order valence-corrected chi connectivity index (χ3v) is 4.07. The van der Waals surface area contributed by atoms with Crippen molar-refractivity contribution in [3.63, 3.8) is 0 Å². The molecule has 0 bridgehead atoms. The molecule has 1 heterocycles. The lowest BCUT2D eigenvalue weighted by Crippen LogP contribution is -2.37. The van der Waals surface area contributed by atoms with Gasteiger partial charge in [-0.25, -0.2) is 9.18 Å². The lowest BCUT2D eigenvalue weighted by atomic mass is 10.1. The van der Waals surface area contributed by atoms with Gasteiger partial charge in [-0.05, 0) is 42.5 Å². The maximum absolute atomic E-state index is 13.7. The van der Waals surface area contributed by atoms with Crippen molar-refractivity contribution in [2.45, 2.75) is 18.9 Å². The van der Waals surface area contributed by atoms with Gasteiger partial charge in [0.2, 0.25) is 0 Å². The monoisotopic (exact) mass is 283 g/mol. The highest BCUT2D eigenvalue weighted by Crippen LogP contribution is 2.18. The Morgan fingerprint density at radius 2 is 2.00 bits per heavy atom. The number of halogens is 1. The van der Waals surface area contributed by atoms with Crippen molar-refractivity contribution < 1.29 is 19.1 Å². The zero-order valence-electron chi connectivity index (χ0n) is 10.2. The molecule has 6 heteroatoms. The van der Waals surface area contributed by atoms with E-state index in [2.05, 4.69) is 5.32 Å². The predicted molar refractivity (Wildman–Crippen MR) is 71.2 cm³/mol. The molecule has 0 unspecified atom stereocenters. The number of carbonyl (C=O) groups excluding carboxylic acids is 1. The molecular weight excluding hydrogens is 269 g/mol. The molecule has 102 valence electrons. The van der Waals surface area contributed by atoms with E-state index in [9.17, 15) is 14.0 Å². The molecule has 0 saturated carbocycles. The van der Waals surface area contributed by atoms with E-state index in [0.717, 1.165) is 30.4 Å². The molecule has 0 aromatic heterocycles. The summed E-state index contributed by atoms with van der Waals surface area (Å²) in [5.41, 5.74) is -0.272. The van der Waals surface area contributed by atoms with E-state index in [0.29, 0.717) is 0 Å². The van der Waals surface area contributed by atoms with Crippen molar-refractivity contribution in [3.8, 4) is 0 Å². The summed E-state index contributed by atoms with van der Waals surface area (Å²) in [6.07, 6.45) is 1.76. The second-order valence-corrected chi connectivity index (χ2v) is 5.58. The van der Waals surface area contributed by atoms with Gasteiger partial charge in [0.15, 0.2) is 0 Å². The van der Waals surface area contributed by atoms with Crippen molar-refractivity contribution >= 4 is 23.6 Å². The molecule has 0 spiro atoms. The van der Waals surface area contributed by atoms with Crippen LogP contribution in [0.25, 0.3) is 0 Å². The largest absolute Gasteiger partial charge is 0.478 e. The van der Waals surface area contributed by atoms with Gasteiger partial charge in [0.1, 0.15) is 5.82 Å². The number of hydrogen-bond acceptors (Lipinski definition) is 3. The molecular formula is C13H14FNO3S.